The molecule has 0 radical (unpaired) electrons. The summed E-state index contributed by atoms with van der Waals surface area (Å²) in [6.07, 6.45) is 1.23. The fourth-order valence-corrected chi connectivity index (χ4v) is 2.49. The Bertz CT molecular complexity index is 378. The van der Waals surface area contributed by atoms with Crippen LogP contribution in [0.15, 0.2) is 18.2 Å². The molecule has 0 aliphatic carbocycles. The van der Waals surface area contributed by atoms with Gasteiger partial charge in [-0.3, -0.25) is 0 Å². The van der Waals surface area contributed by atoms with E-state index >= 15 is 0 Å². The second-order valence-electron chi connectivity index (χ2n) is 4.64. The molecule has 1 unspecified atom stereocenters. The Labute approximate surface area is 104 Å². The van der Waals surface area contributed by atoms with Crippen molar-refractivity contribution in [3.8, 4) is 5.75 Å². The number of benzene rings is 1. The van der Waals surface area contributed by atoms with E-state index in [1.807, 2.05) is 6.07 Å². The Morgan fingerprint density at radius 3 is 3.00 bits per heavy atom. The third-order valence-electron chi connectivity index (χ3n) is 3.44. The van der Waals surface area contributed by atoms with Crippen LogP contribution in [-0.4, -0.2) is 32.8 Å². The summed E-state index contributed by atoms with van der Waals surface area (Å²) in [5.41, 5.74) is 2.63. The molecule has 2 rings (SSSR count). The maximum absolute atomic E-state index is 5.30. The number of hydrogen-bond donors (Lipinski definition) is 1. The molecule has 0 bridgehead atoms. The van der Waals surface area contributed by atoms with E-state index in [4.69, 9.17) is 4.74 Å². The minimum atomic E-state index is 0.630. The van der Waals surface area contributed by atoms with Crippen molar-refractivity contribution in [2.24, 2.45) is 0 Å². The van der Waals surface area contributed by atoms with Gasteiger partial charge in [-0.1, -0.05) is 13.0 Å². The number of hydrogen-bond acceptors (Lipinski definition) is 3. The van der Waals surface area contributed by atoms with Crippen LogP contribution < -0.4 is 15.0 Å². The summed E-state index contributed by atoms with van der Waals surface area (Å²) >= 11 is 0. The van der Waals surface area contributed by atoms with Crippen LogP contribution in [0.5, 0.6) is 5.75 Å². The van der Waals surface area contributed by atoms with Crippen LogP contribution in [0.2, 0.25) is 0 Å². The lowest BCUT2D eigenvalue weighted by Crippen LogP contribution is -2.32. The molecule has 1 fully saturated rings. The minimum absolute atomic E-state index is 0.630. The monoisotopic (exact) mass is 234 g/mol. The quantitative estimate of drug-likeness (QED) is 0.864. The highest BCUT2D eigenvalue weighted by atomic mass is 16.5. The molecular formula is C14H22N2O. The highest BCUT2D eigenvalue weighted by molar-refractivity contribution is 5.57. The van der Waals surface area contributed by atoms with Crippen molar-refractivity contribution in [1.29, 1.82) is 0 Å². The Morgan fingerprint density at radius 2 is 2.29 bits per heavy atom. The van der Waals surface area contributed by atoms with Gasteiger partial charge in [0.15, 0.2) is 0 Å². The first-order valence-corrected chi connectivity index (χ1v) is 6.37. The lowest BCUT2D eigenvalue weighted by molar-refractivity contribution is 0.414. The Morgan fingerprint density at radius 1 is 1.47 bits per heavy atom. The maximum atomic E-state index is 5.30. The van der Waals surface area contributed by atoms with Crippen molar-refractivity contribution in [3.63, 3.8) is 0 Å². The highest BCUT2D eigenvalue weighted by Gasteiger charge is 2.22. The highest BCUT2D eigenvalue weighted by Crippen LogP contribution is 2.28. The van der Waals surface area contributed by atoms with E-state index in [1.54, 1.807) is 7.11 Å². The van der Waals surface area contributed by atoms with Gasteiger partial charge in [0.25, 0.3) is 0 Å². The van der Waals surface area contributed by atoms with E-state index in [-0.39, 0.29) is 0 Å². The average Bonchev–Trinajstić information content (AvgIpc) is 2.79. The second-order valence-corrected chi connectivity index (χ2v) is 4.64. The van der Waals surface area contributed by atoms with Crippen LogP contribution in [0.3, 0.4) is 0 Å². The molecule has 94 valence electrons. The van der Waals surface area contributed by atoms with Crippen molar-refractivity contribution in [2.45, 2.75) is 26.3 Å². The molecule has 17 heavy (non-hydrogen) atoms. The summed E-state index contributed by atoms with van der Waals surface area (Å²) in [5, 5.41) is 3.52. The molecule has 0 amide bonds. The van der Waals surface area contributed by atoms with E-state index in [1.165, 1.54) is 17.7 Å². The topological polar surface area (TPSA) is 24.5 Å². The Balaban J connectivity index is 2.12. The number of rotatable bonds is 4. The number of likely N-dealkylation sites (N-methyl/N-ethyl adjacent to an activating group) is 1. The van der Waals surface area contributed by atoms with Crippen LogP contribution in [0, 0.1) is 6.92 Å². The molecule has 0 saturated carbocycles. The maximum Gasteiger partial charge on any atom is 0.120 e. The fourth-order valence-electron chi connectivity index (χ4n) is 2.49. The average molecular weight is 234 g/mol. The Kier molecular flexibility index (Phi) is 3.89. The van der Waals surface area contributed by atoms with Crippen LogP contribution in [0.1, 0.15) is 18.9 Å². The first-order chi connectivity index (χ1) is 8.24. The molecule has 1 saturated heterocycles. The fraction of sp³-hybridized carbons (Fsp3) is 0.571. The Hall–Kier alpha value is -1.22. The lowest BCUT2D eigenvalue weighted by atomic mass is 10.1. The molecule has 3 nitrogen and oxygen atoms in total. The number of methoxy groups -OCH3 is 1. The molecule has 1 aromatic carbocycles. The molecule has 1 aliphatic rings. The molecule has 3 heteroatoms. The zero-order valence-corrected chi connectivity index (χ0v) is 11.0. The SMILES string of the molecule is CCNC1CCN(c2cc(OC)ccc2C)C1. The first-order valence-electron chi connectivity index (χ1n) is 6.37. The van der Waals surface area contributed by atoms with Gasteiger partial charge >= 0.3 is 0 Å². The molecule has 1 atom stereocenters. The van der Waals surface area contributed by atoms with Gasteiger partial charge in [-0.25, -0.2) is 0 Å². The lowest BCUT2D eigenvalue weighted by Gasteiger charge is -2.21. The standard InChI is InChI=1S/C14H22N2O/c1-4-15-12-7-8-16(10-12)14-9-13(17-3)6-5-11(14)2/h5-6,9,12,15H,4,7-8,10H2,1-3H3. The van der Waals surface area contributed by atoms with Crippen molar-refractivity contribution in [2.75, 3.05) is 31.6 Å². The summed E-state index contributed by atoms with van der Waals surface area (Å²) in [4.78, 5) is 2.45. The third kappa shape index (κ3) is 2.72. The van der Waals surface area contributed by atoms with E-state index in [2.05, 4.69) is 36.2 Å². The van der Waals surface area contributed by atoms with Crippen molar-refractivity contribution in [3.05, 3.63) is 23.8 Å². The van der Waals surface area contributed by atoms with Gasteiger partial charge in [-0.2, -0.15) is 0 Å². The van der Waals surface area contributed by atoms with Crippen molar-refractivity contribution in [1.82, 2.24) is 5.32 Å². The van der Waals surface area contributed by atoms with Crippen LogP contribution >= 0.6 is 0 Å². The minimum Gasteiger partial charge on any atom is -0.497 e. The van der Waals surface area contributed by atoms with Gasteiger partial charge in [0, 0.05) is 30.9 Å². The molecular weight excluding hydrogens is 212 g/mol. The normalized spacial score (nSPS) is 19.7. The number of ether oxygens (including phenoxy) is 1. The summed E-state index contributed by atoms with van der Waals surface area (Å²) in [6, 6.07) is 6.93. The summed E-state index contributed by atoms with van der Waals surface area (Å²) in [6.45, 7) is 7.61. The number of nitrogens with zero attached hydrogens (tertiary/aromatic N) is 1. The molecule has 1 aromatic rings. The van der Waals surface area contributed by atoms with Crippen LogP contribution in [-0.2, 0) is 0 Å². The van der Waals surface area contributed by atoms with Gasteiger partial charge in [-0.15, -0.1) is 0 Å². The second kappa shape index (κ2) is 5.41. The smallest absolute Gasteiger partial charge is 0.120 e. The van der Waals surface area contributed by atoms with Gasteiger partial charge in [0.1, 0.15) is 5.75 Å². The first kappa shape index (κ1) is 12.2. The van der Waals surface area contributed by atoms with Gasteiger partial charge in [0.05, 0.1) is 7.11 Å². The van der Waals surface area contributed by atoms with E-state index in [9.17, 15) is 0 Å². The van der Waals surface area contributed by atoms with Gasteiger partial charge in [-0.05, 0) is 31.5 Å². The predicted molar refractivity (Wildman–Crippen MR) is 72.0 cm³/mol. The molecule has 0 spiro atoms. The van der Waals surface area contributed by atoms with E-state index < -0.39 is 0 Å². The molecule has 1 heterocycles. The summed E-state index contributed by atoms with van der Waals surface area (Å²) in [7, 11) is 1.72. The van der Waals surface area contributed by atoms with Gasteiger partial charge in [0.2, 0.25) is 0 Å². The predicted octanol–water partition coefficient (Wildman–Crippen LogP) is 2.19. The molecule has 0 aromatic heterocycles. The number of nitrogens with one attached hydrogen (secondary N) is 1. The van der Waals surface area contributed by atoms with Crippen LogP contribution in [0.25, 0.3) is 0 Å². The summed E-state index contributed by atoms with van der Waals surface area (Å²) < 4.78 is 5.30. The van der Waals surface area contributed by atoms with Gasteiger partial charge < -0.3 is 15.0 Å². The summed E-state index contributed by atoms with van der Waals surface area (Å²) in [5.74, 6) is 0.942. The zero-order valence-electron chi connectivity index (χ0n) is 11.0. The van der Waals surface area contributed by atoms with E-state index in [0.717, 1.165) is 25.4 Å². The third-order valence-corrected chi connectivity index (χ3v) is 3.44. The molecule has 1 aliphatic heterocycles. The van der Waals surface area contributed by atoms with Crippen molar-refractivity contribution >= 4 is 5.69 Å². The zero-order chi connectivity index (χ0) is 12.3. The molecule has 1 N–H and O–H groups in total. The van der Waals surface area contributed by atoms with Crippen molar-refractivity contribution < 1.29 is 4.74 Å². The number of aryl methyl sites for hydroxylation is 1. The number of anilines is 1. The van der Waals surface area contributed by atoms with Crippen LogP contribution in [0.4, 0.5) is 5.69 Å². The largest absolute Gasteiger partial charge is 0.497 e. The van der Waals surface area contributed by atoms with E-state index in [0.29, 0.717) is 6.04 Å².